The minimum Gasteiger partial charge on any atom is -0.489 e. The third-order valence-corrected chi connectivity index (χ3v) is 8.22. The van der Waals surface area contributed by atoms with Crippen LogP contribution in [0.4, 0.5) is 11.8 Å². The first-order valence-corrected chi connectivity index (χ1v) is 15.1. The molecule has 228 valence electrons. The summed E-state index contributed by atoms with van der Waals surface area (Å²) in [6, 6.07) is 19.1. The van der Waals surface area contributed by atoms with Gasteiger partial charge in [-0.3, -0.25) is 4.90 Å². The average molecular weight is 615 g/mol. The van der Waals surface area contributed by atoms with Gasteiger partial charge >= 0.3 is 5.97 Å². The number of methoxy groups -OCH3 is 1. The molecule has 1 aliphatic heterocycles. The quantitative estimate of drug-likeness (QED) is 0.201. The summed E-state index contributed by atoms with van der Waals surface area (Å²) in [6.45, 7) is 5.67. The van der Waals surface area contributed by atoms with Crippen LogP contribution in [0.5, 0.6) is 5.75 Å². The Kier molecular flexibility index (Phi) is 9.20. The minimum absolute atomic E-state index is 0.282. The van der Waals surface area contributed by atoms with Gasteiger partial charge in [0, 0.05) is 48.9 Å². The van der Waals surface area contributed by atoms with Crippen LogP contribution in [0.1, 0.15) is 32.9 Å². The highest BCUT2D eigenvalue weighted by molar-refractivity contribution is 6.30. The fourth-order valence-corrected chi connectivity index (χ4v) is 5.77. The summed E-state index contributed by atoms with van der Waals surface area (Å²) < 4.78 is 16.7. The van der Waals surface area contributed by atoms with Crippen molar-refractivity contribution in [1.82, 2.24) is 19.9 Å². The average Bonchev–Trinajstić information content (AvgIpc) is 3.06. The Balaban J connectivity index is 1.04. The first-order valence-electron chi connectivity index (χ1n) is 14.7. The molecule has 2 aromatic heterocycles. The Bertz CT molecular complexity index is 1630. The van der Waals surface area contributed by atoms with Gasteiger partial charge in [-0.25, -0.2) is 14.8 Å². The van der Waals surface area contributed by atoms with Crippen LogP contribution in [-0.2, 0) is 35.5 Å². The van der Waals surface area contributed by atoms with Crippen molar-refractivity contribution in [2.75, 3.05) is 57.1 Å². The van der Waals surface area contributed by atoms with Crippen LogP contribution >= 0.6 is 11.6 Å². The molecule has 0 unspecified atom stereocenters. The fourth-order valence-electron chi connectivity index (χ4n) is 5.64. The second-order valence-electron chi connectivity index (χ2n) is 10.9. The number of esters is 1. The lowest BCUT2D eigenvalue weighted by molar-refractivity contribution is 0.0591. The predicted octanol–water partition coefficient (Wildman–Crippen LogP) is 4.58. The summed E-state index contributed by atoms with van der Waals surface area (Å²) in [6.07, 6.45) is 1.73. The van der Waals surface area contributed by atoms with Gasteiger partial charge in [-0.15, -0.1) is 0 Å². The summed E-state index contributed by atoms with van der Waals surface area (Å²) >= 11 is 6.00. The number of hydrogen-bond donors (Lipinski definition) is 1. The molecule has 11 heteroatoms. The number of aromatic nitrogens is 3. The van der Waals surface area contributed by atoms with Gasteiger partial charge in [-0.2, -0.15) is 4.98 Å². The van der Waals surface area contributed by atoms with Gasteiger partial charge in [-0.05, 0) is 66.4 Å². The highest BCUT2D eigenvalue weighted by atomic mass is 35.5. The van der Waals surface area contributed by atoms with Crippen molar-refractivity contribution in [3.8, 4) is 17.0 Å². The number of pyridine rings is 1. The molecule has 10 nitrogen and oxygen atoms in total. The Hall–Kier alpha value is -4.25. The van der Waals surface area contributed by atoms with E-state index in [1.807, 2.05) is 36.4 Å². The third-order valence-electron chi connectivity index (χ3n) is 7.97. The van der Waals surface area contributed by atoms with Gasteiger partial charge < -0.3 is 24.8 Å². The van der Waals surface area contributed by atoms with Gasteiger partial charge in [0.15, 0.2) is 0 Å². The van der Waals surface area contributed by atoms with Crippen LogP contribution in [0.3, 0.4) is 0 Å². The highest BCUT2D eigenvalue weighted by Crippen LogP contribution is 2.38. The van der Waals surface area contributed by atoms with E-state index in [0.717, 1.165) is 79.5 Å². The number of aryl methyl sites for hydroxylation is 1. The van der Waals surface area contributed by atoms with E-state index in [1.165, 1.54) is 12.7 Å². The molecule has 2 N–H and O–H groups in total. The molecule has 3 heterocycles. The van der Waals surface area contributed by atoms with Crippen molar-refractivity contribution < 1.29 is 19.0 Å². The molecular weight excluding hydrogens is 580 g/mol. The molecule has 0 radical (unpaired) electrons. The fraction of sp³-hybridized carbons (Fsp3) is 0.333. The molecule has 4 aromatic rings. The number of nitrogens with two attached hydrogens (primary N) is 1. The first-order chi connectivity index (χ1) is 21.5. The molecule has 1 aliphatic carbocycles. The van der Waals surface area contributed by atoms with E-state index in [1.54, 1.807) is 12.1 Å². The smallest absolute Gasteiger partial charge is 0.356 e. The van der Waals surface area contributed by atoms with Crippen LogP contribution in [0.2, 0.25) is 5.02 Å². The van der Waals surface area contributed by atoms with Crippen molar-refractivity contribution in [1.29, 1.82) is 0 Å². The molecule has 2 aliphatic rings. The standard InChI is InChI=1S/C33H35ClN6O4/c1-42-32(41)29-4-2-3-25(36-29)21-43-18-17-39-13-15-40(16-14-39)31-28-11-7-23-19-26(44-20-22-5-8-24(34)9-6-22)10-12-27(23)30(28)37-33(35)38-31/h2-6,8-10,12,19H,7,11,13-18,20-21H2,1H3,(H2,35,37,38). The van der Waals surface area contributed by atoms with Crippen LogP contribution in [0.15, 0.2) is 60.7 Å². The van der Waals surface area contributed by atoms with Crippen molar-refractivity contribution in [2.45, 2.75) is 26.1 Å². The second kappa shape index (κ2) is 13.6. The number of benzene rings is 2. The van der Waals surface area contributed by atoms with E-state index in [4.69, 9.17) is 36.5 Å². The Morgan fingerprint density at radius 1 is 0.955 bits per heavy atom. The zero-order chi connectivity index (χ0) is 30.5. The van der Waals surface area contributed by atoms with E-state index >= 15 is 0 Å². The monoisotopic (exact) mass is 614 g/mol. The number of piperazine rings is 1. The molecule has 1 fully saturated rings. The number of nitrogens with zero attached hydrogens (tertiary/aromatic N) is 5. The number of hydrogen-bond acceptors (Lipinski definition) is 10. The van der Waals surface area contributed by atoms with E-state index in [9.17, 15) is 4.79 Å². The number of carbonyl (C=O) groups excluding carboxylic acids is 1. The summed E-state index contributed by atoms with van der Waals surface area (Å²) in [5.74, 6) is 1.60. The summed E-state index contributed by atoms with van der Waals surface area (Å²) in [5, 5.41) is 0.712. The number of ether oxygens (including phenoxy) is 3. The van der Waals surface area contributed by atoms with Gasteiger partial charge in [0.1, 0.15) is 23.9 Å². The second-order valence-corrected chi connectivity index (χ2v) is 11.3. The zero-order valence-corrected chi connectivity index (χ0v) is 25.4. The molecule has 6 rings (SSSR count). The van der Waals surface area contributed by atoms with Crippen LogP contribution < -0.4 is 15.4 Å². The van der Waals surface area contributed by atoms with E-state index in [-0.39, 0.29) is 11.6 Å². The number of carbonyl (C=O) groups is 1. The van der Waals surface area contributed by atoms with Gasteiger partial charge in [-0.1, -0.05) is 29.8 Å². The maximum absolute atomic E-state index is 11.7. The number of anilines is 2. The molecule has 44 heavy (non-hydrogen) atoms. The van der Waals surface area contributed by atoms with E-state index < -0.39 is 5.97 Å². The maximum atomic E-state index is 11.7. The van der Waals surface area contributed by atoms with Crippen molar-refractivity contribution in [3.05, 3.63) is 93.8 Å². The third kappa shape index (κ3) is 6.93. The van der Waals surface area contributed by atoms with Gasteiger partial charge in [0.2, 0.25) is 5.95 Å². The Labute approximate surface area is 261 Å². The Morgan fingerprint density at radius 2 is 1.77 bits per heavy atom. The lowest BCUT2D eigenvalue weighted by Crippen LogP contribution is -2.48. The lowest BCUT2D eigenvalue weighted by Gasteiger charge is -2.37. The number of nitrogen functional groups attached to an aromatic ring is 1. The van der Waals surface area contributed by atoms with Crippen LogP contribution in [0.25, 0.3) is 11.3 Å². The number of halogens is 1. The molecule has 0 spiro atoms. The first kappa shape index (κ1) is 29.8. The molecule has 0 amide bonds. The van der Waals surface area contributed by atoms with Crippen LogP contribution in [0, 0.1) is 0 Å². The SMILES string of the molecule is COC(=O)c1cccc(COCCN2CCN(c3nc(N)nc4c3CCc3cc(OCc5ccc(Cl)cc5)ccc3-4)CC2)n1. The molecular formula is C33H35ClN6O4. The normalized spacial score (nSPS) is 14.5. The predicted molar refractivity (Wildman–Crippen MR) is 169 cm³/mol. The molecule has 0 saturated carbocycles. The highest BCUT2D eigenvalue weighted by Gasteiger charge is 2.27. The minimum atomic E-state index is -0.453. The van der Waals surface area contributed by atoms with E-state index in [0.29, 0.717) is 30.5 Å². The molecule has 1 saturated heterocycles. The maximum Gasteiger partial charge on any atom is 0.356 e. The Morgan fingerprint density at radius 3 is 2.57 bits per heavy atom. The summed E-state index contributed by atoms with van der Waals surface area (Å²) in [5.41, 5.74) is 12.7. The largest absolute Gasteiger partial charge is 0.489 e. The van der Waals surface area contributed by atoms with Gasteiger partial charge in [0.25, 0.3) is 0 Å². The van der Waals surface area contributed by atoms with Crippen LogP contribution in [-0.4, -0.2) is 72.3 Å². The molecule has 0 atom stereocenters. The lowest BCUT2D eigenvalue weighted by atomic mass is 9.88. The van der Waals surface area contributed by atoms with Crippen molar-refractivity contribution in [3.63, 3.8) is 0 Å². The van der Waals surface area contributed by atoms with E-state index in [2.05, 4.69) is 31.9 Å². The number of rotatable bonds is 10. The van der Waals surface area contributed by atoms with Crippen molar-refractivity contribution >= 4 is 29.3 Å². The molecule has 0 bridgehead atoms. The summed E-state index contributed by atoms with van der Waals surface area (Å²) in [4.78, 5) is 30.1. The number of fused-ring (bicyclic) bond motifs is 3. The van der Waals surface area contributed by atoms with Crippen molar-refractivity contribution in [2.24, 2.45) is 0 Å². The zero-order valence-electron chi connectivity index (χ0n) is 24.7. The summed E-state index contributed by atoms with van der Waals surface area (Å²) in [7, 11) is 1.34. The molecule has 2 aromatic carbocycles. The van der Waals surface area contributed by atoms with Gasteiger partial charge in [0.05, 0.1) is 31.7 Å². The topological polar surface area (TPSA) is 116 Å².